The first-order valence-electron chi connectivity index (χ1n) is 8.10. The first-order chi connectivity index (χ1) is 11.7. The Hall–Kier alpha value is -2.08. The van der Waals surface area contributed by atoms with E-state index in [1.807, 2.05) is 24.4 Å². The molecular formula is C18H19FN4S. The number of nitrogens with zero attached hydrogens (tertiary/aromatic N) is 3. The summed E-state index contributed by atoms with van der Waals surface area (Å²) in [5, 5.41) is 1.06. The van der Waals surface area contributed by atoms with E-state index in [1.54, 1.807) is 24.2 Å². The van der Waals surface area contributed by atoms with E-state index in [4.69, 9.17) is 0 Å². The molecule has 1 N–H and O–H groups in total. The van der Waals surface area contributed by atoms with E-state index in [1.165, 1.54) is 6.07 Å². The van der Waals surface area contributed by atoms with Crippen LogP contribution in [0.25, 0.3) is 11.0 Å². The van der Waals surface area contributed by atoms with Crippen molar-refractivity contribution in [2.45, 2.75) is 23.8 Å². The Morgan fingerprint density at radius 3 is 2.92 bits per heavy atom. The highest BCUT2D eigenvalue weighted by molar-refractivity contribution is 7.99. The van der Waals surface area contributed by atoms with Gasteiger partial charge in [0.15, 0.2) is 0 Å². The van der Waals surface area contributed by atoms with E-state index < -0.39 is 0 Å². The third-order valence-corrected chi connectivity index (χ3v) is 6.02. The third kappa shape index (κ3) is 2.86. The number of thioether (sulfide) groups is 1. The van der Waals surface area contributed by atoms with Gasteiger partial charge in [-0.2, -0.15) is 0 Å². The van der Waals surface area contributed by atoms with Crippen LogP contribution in [0.4, 0.5) is 10.2 Å². The Bertz CT molecular complexity index is 844. The summed E-state index contributed by atoms with van der Waals surface area (Å²) in [6, 6.07) is 9.51. The predicted octanol–water partition coefficient (Wildman–Crippen LogP) is 4.10. The highest BCUT2D eigenvalue weighted by atomic mass is 32.2. The number of halogens is 1. The van der Waals surface area contributed by atoms with Gasteiger partial charge in [0.2, 0.25) is 0 Å². The van der Waals surface area contributed by atoms with Gasteiger partial charge in [-0.25, -0.2) is 14.4 Å². The van der Waals surface area contributed by atoms with E-state index >= 15 is 0 Å². The Morgan fingerprint density at radius 1 is 1.25 bits per heavy atom. The molecule has 1 saturated carbocycles. The maximum Gasteiger partial charge on any atom is 0.142 e. The van der Waals surface area contributed by atoms with Crippen LogP contribution in [-0.2, 0) is 0 Å². The number of hydrogen-bond donors (Lipinski definition) is 1. The van der Waals surface area contributed by atoms with E-state index in [0.717, 1.165) is 40.3 Å². The zero-order chi connectivity index (χ0) is 16.5. The lowest BCUT2D eigenvalue weighted by Crippen LogP contribution is -2.43. The molecule has 1 aliphatic rings. The lowest BCUT2D eigenvalue weighted by atomic mass is 9.81. The lowest BCUT2D eigenvalue weighted by Gasteiger charge is -2.41. The first-order valence-corrected chi connectivity index (χ1v) is 9.09. The van der Waals surface area contributed by atoms with Crippen molar-refractivity contribution in [1.82, 2.24) is 15.0 Å². The van der Waals surface area contributed by atoms with Crippen LogP contribution in [0.15, 0.2) is 47.8 Å². The first kappa shape index (κ1) is 15.4. The van der Waals surface area contributed by atoms with E-state index in [0.29, 0.717) is 12.0 Å². The molecule has 124 valence electrons. The van der Waals surface area contributed by atoms with Gasteiger partial charge in [-0.15, -0.1) is 11.8 Å². The highest BCUT2D eigenvalue weighted by Crippen LogP contribution is 2.38. The van der Waals surface area contributed by atoms with Crippen LogP contribution in [0, 0.1) is 11.7 Å². The molecule has 0 bridgehead atoms. The maximum atomic E-state index is 13.7. The monoisotopic (exact) mass is 342 g/mol. The number of H-pyrrole nitrogens is 1. The molecule has 1 aromatic carbocycles. The van der Waals surface area contributed by atoms with Crippen LogP contribution in [0.5, 0.6) is 0 Å². The van der Waals surface area contributed by atoms with Crippen LogP contribution in [0.2, 0.25) is 0 Å². The second-order valence-electron chi connectivity index (χ2n) is 6.28. The van der Waals surface area contributed by atoms with Crippen molar-refractivity contribution in [3.63, 3.8) is 0 Å². The molecule has 4 rings (SSSR count). The van der Waals surface area contributed by atoms with Gasteiger partial charge < -0.3 is 9.88 Å². The van der Waals surface area contributed by atoms with Gasteiger partial charge in [0.1, 0.15) is 23.6 Å². The second kappa shape index (κ2) is 6.43. The summed E-state index contributed by atoms with van der Waals surface area (Å²) in [7, 11) is 2.10. The molecular weight excluding hydrogens is 323 g/mol. The number of aromatic nitrogens is 3. The summed E-state index contributed by atoms with van der Waals surface area (Å²) in [6.07, 6.45) is 5.74. The smallest absolute Gasteiger partial charge is 0.142 e. The fourth-order valence-corrected chi connectivity index (χ4v) is 4.30. The van der Waals surface area contributed by atoms with Gasteiger partial charge in [0.25, 0.3) is 0 Å². The zero-order valence-electron chi connectivity index (χ0n) is 13.4. The quantitative estimate of drug-likeness (QED) is 0.709. The average molecular weight is 342 g/mol. The molecule has 3 aromatic rings. The van der Waals surface area contributed by atoms with Crippen molar-refractivity contribution in [1.29, 1.82) is 0 Å². The number of aromatic amines is 1. The molecule has 2 heterocycles. The highest BCUT2D eigenvalue weighted by Gasteiger charge is 2.33. The van der Waals surface area contributed by atoms with Crippen molar-refractivity contribution >= 4 is 28.6 Å². The summed E-state index contributed by atoms with van der Waals surface area (Å²) in [4.78, 5) is 14.8. The van der Waals surface area contributed by atoms with Gasteiger partial charge in [-0.05, 0) is 37.0 Å². The summed E-state index contributed by atoms with van der Waals surface area (Å²) in [6.45, 7) is 0. The van der Waals surface area contributed by atoms with Crippen LogP contribution in [0.3, 0.4) is 0 Å². The van der Waals surface area contributed by atoms with Crippen molar-refractivity contribution in [3.05, 3.63) is 48.7 Å². The normalized spacial score (nSPS) is 20.1. The van der Waals surface area contributed by atoms with Crippen molar-refractivity contribution in [2.24, 2.45) is 5.92 Å². The number of rotatable bonds is 5. The SMILES string of the molecule is CN(c1ncnc2[nH]ccc12)[C@H]1C[C@@H](CSc2ccccc2F)C1. The molecule has 0 spiro atoms. The van der Waals surface area contributed by atoms with E-state index in [2.05, 4.69) is 26.9 Å². The molecule has 1 aliphatic carbocycles. The Kier molecular flexibility index (Phi) is 4.14. The predicted molar refractivity (Wildman–Crippen MR) is 95.9 cm³/mol. The fraction of sp³-hybridized carbons (Fsp3) is 0.333. The summed E-state index contributed by atoms with van der Waals surface area (Å²) in [5.74, 6) is 2.46. The number of hydrogen-bond acceptors (Lipinski definition) is 4. The standard InChI is InChI=1S/C18H19FN4S/c1-23(18-14-6-7-20-17(14)21-11-22-18)13-8-12(9-13)10-24-16-5-3-2-4-15(16)19/h2-7,11-13H,8-10H2,1H3,(H,20,21,22)/t12-,13+. The summed E-state index contributed by atoms with van der Waals surface area (Å²) in [5.41, 5.74) is 0.873. The van der Waals surface area contributed by atoms with Gasteiger partial charge in [0, 0.05) is 29.9 Å². The van der Waals surface area contributed by atoms with E-state index in [9.17, 15) is 4.39 Å². The second-order valence-corrected chi connectivity index (χ2v) is 7.34. The summed E-state index contributed by atoms with van der Waals surface area (Å²) < 4.78 is 13.7. The van der Waals surface area contributed by atoms with Gasteiger partial charge >= 0.3 is 0 Å². The van der Waals surface area contributed by atoms with Crippen LogP contribution in [0.1, 0.15) is 12.8 Å². The molecule has 6 heteroatoms. The maximum absolute atomic E-state index is 13.7. The van der Waals surface area contributed by atoms with Crippen molar-refractivity contribution in [2.75, 3.05) is 17.7 Å². The molecule has 0 amide bonds. The molecule has 24 heavy (non-hydrogen) atoms. The molecule has 1 fully saturated rings. The third-order valence-electron chi connectivity index (χ3n) is 4.74. The number of anilines is 1. The lowest BCUT2D eigenvalue weighted by molar-refractivity contribution is 0.285. The minimum absolute atomic E-state index is 0.119. The Morgan fingerprint density at radius 2 is 2.08 bits per heavy atom. The van der Waals surface area contributed by atoms with Crippen LogP contribution < -0.4 is 4.90 Å². The number of nitrogens with one attached hydrogen (secondary N) is 1. The fourth-order valence-electron chi connectivity index (χ4n) is 3.23. The number of fused-ring (bicyclic) bond motifs is 1. The topological polar surface area (TPSA) is 44.8 Å². The van der Waals surface area contributed by atoms with Crippen LogP contribution in [-0.4, -0.2) is 33.8 Å². The molecule has 2 aromatic heterocycles. The molecule has 0 aliphatic heterocycles. The molecule has 4 nitrogen and oxygen atoms in total. The van der Waals surface area contributed by atoms with Gasteiger partial charge in [-0.1, -0.05) is 12.1 Å². The van der Waals surface area contributed by atoms with Gasteiger partial charge in [-0.3, -0.25) is 0 Å². The van der Waals surface area contributed by atoms with Gasteiger partial charge in [0.05, 0.1) is 5.39 Å². The van der Waals surface area contributed by atoms with Crippen molar-refractivity contribution < 1.29 is 4.39 Å². The van der Waals surface area contributed by atoms with E-state index in [-0.39, 0.29) is 5.82 Å². The molecule has 0 unspecified atom stereocenters. The van der Waals surface area contributed by atoms with Crippen molar-refractivity contribution in [3.8, 4) is 0 Å². The summed E-state index contributed by atoms with van der Waals surface area (Å²) >= 11 is 1.62. The molecule has 0 atom stereocenters. The Balaban J connectivity index is 1.35. The molecule has 0 radical (unpaired) electrons. The average Bonchev–Trinajstić information content (AvgIpc) is 3.03. The minimum atomic E-state index is -0.119. The Labute approximate surface area is 144 Å². The molecule has 0 saturated heterocycles. The van der Waals surface area contributed by atoms with Crippen LogP contribution >= 0.6 is 11.8 Å². The number of benzene rings is 1. The largest absolute Gasteiger partial charge is 0.356 e. The zero-order valence-corrected chi connectivity index (χ0v) is 14.3. The minimum Gasteiger partial charge on any atom is -0.356 e.